The second kappa shape index (κ2) is 7.97. The number of aryl methyl sites for hydroxylation is 1. The third-order valence-electron chi connectivity index (χ3n) is 3.74. The van der Waals surface area contributed by atoms with Crippen molar-refractivity contribution in [3.63, 3.8) is 0 Å². The maximum absolute atomic E-state index is 12.2. The van der Waals surface area contributed by atoms with E-state index in [-0.39, 0.29) is 12.5 Å². The Morgan fingerprint density at radius 1 is 1.26 bits per heavy atom. The number of benzene rings is 2. The number of anilines is 1. The van der Waals surface area contributed by atoms with E-state index in [9.17, 15) is 4.79 Å². The van der Waals surface area contributed by atoms with E-state index < -0.39 is 0 Å². The summed E-state index contributed by atoms with van der Waals surface area (Å²) in [5, 5.41) is 22.8. The molecule has 0 aliphatic rings. The molecule has 136 valence electrons. The Hall–Kier alpha value is -3.93. The summed E-state index contributed by atoms with van der Waals surface area (Å²) in [5.41, 5.74) is 2.75. The maximum atomic E-state index is 12.2. The molecule has 0 bridgehead atoms. The summed E-state index contributed by atoms with van der Waals surface area (Å²) >= 11 is 0. The van der Waals surface area contributed by atoms with Gasteiger partial charge in [0, 0.05) is 11.8 Å². The Morgan fingerprint density at radius 2 is 2.11 bits per heavy atom. The van der Waals surface area contributed by atoms with E-state index in [4.69, 9.17) is 14.7 Å². The molecule has 0 spiro atoms. The Bertz CT molecular complexity index is 995. The molecule has 9 heteroatoms. The smallest absolute Gasteiger partial charge is 0.262 e. The number of nitriles is 1. The summed E-state index contributed by atoms with van der Waals surface area (Å²) in [6.45, 7) is 1.71. The van der Waals surface area contributed by atoms with Gasteiger partial charge in [-0.3, -0.25) is 4.79 Å². The van der Waals surface area contributed by atoms with Crippen molar-refractivity contribution in [2.75, 3.05) is 19.0 Å². The predicted octanol–water partition coefficient (Wildman–Crippen LogP) is 1.87. The molecule has 0 fully saturated rings. The van der Waals surface area contributed by atoms with Crippen LogP contribution in [0.1, 0.15) is 11.1 Å². The van der Waals surface area contributed by atoms with Gasteiger partial charge in [0.1, 0.15) is 6.33 Å². The van der Waals surface area contributed by atoms with Gasteiger partial charge in [-0.2, -0.15) is 5.26 Å². The topological polar surface area (TPSA) is 115 Å². The molecule has 1 aromatic heterocycles. The van der Waals surface area contributed by atoms with Gasteiger partial charge in [0.05, 0.1) is 24.4 Å². The van der Waals surface area contributed by atoms with Crippen molar-refractivity contribution in [3.8, 4) is 23.3 Å². The lowest BCUT2D eigenvalue weighted by Crippen LogP contribution is -2.20. The van der Waals surface area contributed by atoms with Gasteiger partial charge in [0.2, 0.25) is 0 Å². The van der Waals surface area contributed by atoms with Crippen LogP contribution in [0.2, 0.25) is 0 Å². The van der Waals surface area contributed by atoms with Gasteiger partial charge in [0.15, 0.2) is 18.1 Å². The third kappa shape index (κ3) is 4.19. The molecule has 9 nitrogen and oxygen atoms in total. The van der Waals surface area contributed by atoms with Gasteiger partial charge in [-0.1, -0.05) is 6.07 Å². The summed E-state index contributed by atoms with van der Waals surface area (Å²) in [6, 6.07) is 12.2. The van der Waals surface area contributed by atoms with E-state index in [0.717, 1.165) is 11.3 Å². The molecule has 0 unspecified atom stereocenters. The molecule has 3 rings (SSSR count). The third-order valence-corrected chi connectivity index (χ3v) is 3.74. The van der Waals surface area contributed by atoms with Gasteiger partial charge in [0.25, 0.3) is 5.91 Å². The molecule has 1 heterocycles. The zero-order valence-electron chi connectivity index (χ0n) is 14.7. The minimum absolute atomic E-state index is 0.212. The lowest BCUT2D eigenvalue weighted by atomic mass is 10.2. The van der Waals surface area contributed by atoms with Crippen molar-refractivity contribution in [2.24, 2.45) is 0 Å². The Morgan fingerprint density at radius 3 is 2.81 bits per heavy atom. The van der Waals surface area contributed by atoms with Crippen molar-refractivity contribution in [1.29, 1.82) is 5.26 Å². The van der Waals surface area contributed by atoms with Gasteiger partial charge < -0.3 is 14.8 Å². The highest BCUT2D eigenvalue weighted by Crippen LogP contribution is 2.27. The number of nitrogens with zero attached hydrogens (tertiary/aromatic N) is 5. The molecule has 0 saturated carbocycles. The fourth-order valence-electron chi connectivity index (χ4n) is 2.40. The summed E-state index contributed by atoms with van der Waals surface area (Å²) < 4.78 is 12.2. The van der Waals surface area contributed by atoms with Gasteiger partial charge >= 0.3 is 0 Å². The van der Waals surface area contributed by atoms with Crippen molar-refractivity contribution >= 4 is 11.6 Å². The van der Waals surface area contributed by atoms with Crippen LogP contribution in [0.5, 0.6) is 11.5 Å². The number of amides is 1. The van der Waals surface area contributed by atoms with Crippen molar-refractivity contribution in [1.82, 2.24) is 20.2 Å². The normalized spacial score (nSPS) is 10.1. The number of rotatable bonds is 6. The monoisotopic (exact) mass is 364 g/mol. The van der Waals surface area contributed by atoms with Crippen molar-refractivity contribution < 1.29 is 14.3 Å². The molecular weight excluding hydrogens is 348 g/mol. The number of carbonyl (C=O) groups excluding carboxylic acids is 1. The first-order chi connectivity index (χ1) is 13.1. The minimum atomic E-state index is -0.340. The first kappa shape index (κ1) is 17.9. The van der Waals surface area contributed by atoms with Crippen LogP contribution in [0.3, 0.4) is 0 Å². The average Bonchev–Trinajstić information content (AvgIpc) is 3.22. The summed E-state index contributed by atoms with van der Waals surface area (Å²) in [4.78, 5) is 12.2. The number of aromatic nitrogens is 4. The van der Waals surface area contributed by atoms with Crippen LogP contribution >= 0.6 is 0 Å². The number of nitrogens with one attached hydrogen (secondary N) is 1. The largest absolute Gasteiger partial charge is 0.493 e. The first-order valence-corrected chi connectivity index (χ1v) is 7.95. The molecule has 1 N–H and O–H groups in total. The average molecular weight is 364 g/mol. The highest BCUT2D eigenvalue weighted by molar-refractivity contribution is 5.92. The van der Waals surface area contributed by atoms with E-state index >= 15 is 0 Å². The fourth-order valence-corrected chi connectivity index (χ4v) is 2.40. The molecule has 3 aromatic rings. The van der Waals surface area contributed by atoms with Gasteiger partial charge in [-0.15, -0.1) is 5.10 Å². The molecule has 0 radical (unpaired) electrons. The summed E-state index contributed by atoms with van der Waals surface area (Å²) in [5.74, 6) is 0.427. The fraction of sp³-hybridized carbons (Fsp3) is 0.167. The molecule has 0 aliphatic heterocycles. The van der Waals surface area contributed by atoms with E-state index in [2.05, 4.69) is 20.8 Å². The van der Waals surface area contributed by atoms with Crippen molar-refractivity contribution in [3.05, 3.63) is 53.9 Å². The molecule has 0 saturated heterocycles. The number of tetrazole rings is 1. The maximum Gasteiger partial charge on any atom is 0.262 e. The van der Waals surface area contributed by atoms with E-state index in [0.29, 0.717) is 22.7 Å². The van der Waals surface area contributed by atoms with Crippen LogP contribution in [-0.4, -0.2) is 39.8 Å². The van der Waals surface area contributed by atoms with E-state index in [1.807, 2.05) is 19.1 Å². The van der Waals surface area contributed by atoms with Crippen LogP contribution in [0.4, 0.5) is 5.69 Å². The lowest BCUT2D eigenvalue weighted by Gasteiger charge is -2.12. The highest BCUT2D eigenvalue weighted by Gasteiger charge is 2.10. The molecular formula is C18H16N6O3. The molecule has 1 amide bonds. The number of hydrogen-bond donors (Lipinski definition) is 1. The summed E-state index contributed by atoms with van der Waals surface area (Å²) in [6.07, 6.45) is 1.48. The number of carbonyl (C=O) groups is 1. The van der Waals surface area contributed by atoms with E-state index in [1.54, 1.807) is 30.3 Å². The Labute approximate surface area is 155 Å². The quantitative estimate of drug-likeness (QED) is 0.710. The van der Waals surface area contributed by atoms with E-state index in [1.165, 1.54) is 18.1 Å². The number of ether oxygens (including phenoxy) is 2. The van der Waals surface area contributed by atoms with Crippen molar-refractivity contribution in [2.45, 2.75) is 6.92 Å². The van der Waals surface area contributed by atoms with Gasteiger partial charge in [-0.05, 0) is 47.2 Å². The molecule has 27 heavy (non-hydrogen) atoms. The van der Waals surface area contributed by atoms with Crippen LogP contribution in [0, 0.1) is 18.3 Å². The number of hydrogen-bond acceptors (Lipinski definition) is 7. The molecule has 0 atom stereocenters. The highest BCUT2D eigenvalue weighted by atomic mass is 16.5. The van der Waals surface area contributed by atoms with Gasteiger partial charge in [-0.25, -0.2) is 4.68 Å². The predicted molar refractivity (Wildman–Crippen MR) is 95.7 cm³/mol. The first-order valence-electron chi connectivity index (χ1n) is 7.95. The molecule has 2 aromatic carbocycles. The van der Waals surface area contributed by atoms with Crippen LogP contribution in [-0.2, 0) is 4.79 Å². The van der Waals surface area contributed by atoms with Crippen LogP contribution < -0.4 is 14.8 Å². The number of methoxy groups -OCH3 is 1. The second-order valence-corrected chi connectivity index (χ2v) is 5.57. The Balaban J connectivity index is 1.67. The SMILES string of the molecule is COc1cc(C#N)ccc1OCC(=O)Nc1ccc(C)c(-n2cnnn2)c1. The zero-order valence-corrected chi connectivity index (χ0v) is 14.7. The second-order valence-electron chi connectivity index (χ2n) is 5.57. The molecule has 0 aliphatic carbocycles. The standard InChI is InChI=1S/C18H16N6O3/c1-12-3-5-14(8-15(12)24-11-20-22-23-24)21-18(25)10-27-16-6-4-13(9-19)7-17(16)26-2/h3-8,11H,10H2,1-2H3,(H,21,25). The Kier molecular flexibility index (Phi) is 5.28. The summed E-state index contributed by atoms with van der Waals surface area (Å²) in [7, 11) is 1.47. The lowest BCUT2D eigenvalue weighted by molar-refractivity contribution is -0.118. The minimum Gasteiger partial charge on any atom is -0.493 e. The zero-order chi connectivity index (χ0) is 19.2. The van der Waals surface area contributed by atoms with Crippen LogP contribution in [0.15, 0.2) is 42.7 Å². The van der Waals surface area contributed by atoms with Crippen LogP contribution in [0.25, 0.3) is 5.69 Å².